The van der Waals surface area contributed by atoms with Crippen molar-refractivity contribution < 1.29 is 13.2 Å². The van der Waals surface area contributed by atoms with Crippen LogP contribution in [0.25, 0.3) is 10.7 Å². The fourth-order valence-corrected chi connectivity index (χ4v) is 8.15. The number of sulfonamides is 1. The highest BCUT2D eigenvalue weighted by Crippen LogP contribution is 2.36. The van der Waals surface area contributed by atoms with Crippen LogP contribution in [0.5, 0.6) is 0 Å². The number of piperidine rings is 2. The molecule has 0 saturated carbocycles. The number of aromatic nitrogens is 2. The topological polar surface area (TPSA) is 75.5 Å². The van der Waals surface area contributed by atoms with Gasteiger partial charge in [0.1, 0.15) is 14.8 Å². The predicted octanol–water partition coefficient (Wildman–Crippen LogP) is 4.59. The average Bonchev–Trinajstić information content (AvgIpc) is 3.33. The first-order valence-corrected chi connectivity index (χ1v) is 14.4. The summed E-state index contributed by atoms with van der Waals surface area (Å²) in [6.07, 6.45) is 5.79. The summed E-state index contributed by atoms with van der Waals surface area (Å²) in [5, 5.41) is 0.693. The van der Waals surface area contributed by atoms with E-state index in [1.807, 2.05) is 30.4 Å². The van der Waals surface area contributed by atoms with Gasteiger partial charge in [-0.2, -0.15) is 4.31 Å². The number of carbonyl (C=O) groups is 1. The van der Waals surface area contributed by atoms with Gasteiger partial charge in [-0.15, -0.1) is 11.3 Å². The van der Waals surface area contributed by atoms with Crippen LogP contribution in [-0.4, -0.2) is 58.8 Å². The van der Waals surface area contributed by atoms with E-state index in [0.717, 1.165) is 57.3 Å². The third-order valence-corrected chi connectivity index (χ3v) is 10.6. The van der Waals surface area contributed by atoms with E-state index in [0.29, 0.717) is 38.6 Å². The minimum atomic E-state index is -3.59. The SMILES string of the molecule is CC[C@@H]1CCCCN1S(=O)(=O)c1cc(-c2nc(C)c(C(=O)N3CCC(C)CC3)s2)n(C)c1C. The fraction of sp³-hybridized carbons (Fsp3) is 0.667. The molecule has 2 fully saturated rings. The van der Waals surface area contributed by atoms with E-state index in [9.17, 15) is 13.2 Å². The van der Waals surface area contributed by atoms with E-state index < -0.39 is 10.0 Å². The summed E-state index contributed by atoms with van der Waals surface area (Å²) in [7, 11) is -1.72. The van der Waals surface area contributed by atoms with Crippen LogP contribution in [0.1, 0.15) is 73.4 Å². The largest absolute Gasteiger partial charge is 0.345 e. The molecule has 182 valence electrons. The van der Waals surface area contributed by atoms with Gasteiger partial charge in [-0.25, -0.2) is 13.4 Å². The monoisotopic (exact) mass is 492 g/mol. The summed E-state index contributed by atoms with van der Waals surface area (Å²) in [5.74, 6) is 0.701. The van der Waals surface area contributed by atoms with Crippen molar-refractivity contribution in [2.24, 2.45) is 13.0 Å². The molecule has 1 amide bonds. The molecule has 9 heteroatoms. The van der Waals surface area contributed by atoms with E-state index in [4.69, 9.17) is 4.98 Å². The zero-order valence-electron chi connectivity index (χ0n) is 20.4. The molecular formula is C24H36N4O3S2. The second-order valence-corrected chi connectivity index (χ2v) is 12.5. The minimum absolute atomic E-state index is 0.0426. The average molecular weight is 493 g/mol. The van der Waals surface area contributed by atoms with Crippen LogP contribution in [-0.2, 0) is 17.1 Å². The van der Waals surface area contributed by atoms with Gasteiger partial charge in [-0.1, -0.05) is 20.3 Å². The molecule has 4 heterocycles. The highest BCUT2D eigenvalue weighted by atomic mass is 32.2. The first kappa shape index (κ1) is 24.4. The lowest BCUT2D eigenvalue weighted by molar-refractivity contribution is 0.0701. The number of hydrogen-bond acceptors (Lipinski definition) is 5. The molecule has 0 aliphatic carbocycles. The molecule has 4 rings (SSSR count). The highest BCUT2D eigenvalue weighted by Gasteiger charge is 2.35. The third-order valence-electron chi connectivity index (χ3n) is 7.40. The van der Waals surface area contributed by atoms with Crippen molar-refractivity contribution in [1.29, 1.82) is 0 Å². The summed E-state index contributed by atoms with van der Waals surface area (Å²) in [4.78, 5) is 20.8. The maximum absolute atomic E-state index is 13.6. The van der Waals surface area contributed by atoms with Gasteiger partial charge in [-0.3, -0.25) is 4.79 Å². The summed E-state index contributed by atoms with van der Waals surface area (Å²) in [6.45, 7) is 10.2. The Kier molecular flexibility index (Phi) is 7.03. The van der Waals surface area contributed by atoms with Crippen LogP contribution in [0.2, 0.25) is 0 Å². The second kappa shape index (κ2) is 9.50. The number of nitrogens with zero attached hydrogens (tertiary/aromatic N) is 4. The van der Waals surface area contributed by atoms with Crippen LogP contribution in [0.4, 0.5) is 0 Å². The lowest BCUT2D eigenvalue weighted by atomic mass is 9.99. The highest BCUT2D eigenvalue weighted by molar-refractivity contribution is 7.89. The van der Waals surface area contributed by atoms with Gasteiger partial charge < -0.3 is 9.47 Å². The lowest BCUT2D eigenvalue weighted by Crippen LogP contribution is -2.43. The lowest BCUT2D eigenvalue weighted by Gasteiger charge is -2.34. The summed E-state index contributed by atoms with van der Waals surface area (Å²) >= 11 is 1.37. The van der Waals surface area contributed by atoms with Crippen LogP contribution >= 0.6 is 11.3 Å². The van der Waals surface area contributed by atoms with Crippen molar-refractivity contribution in [3.8, 4) is 10.7 Å². The van der Waals surface area contributed by atoms with Gasteiger partial charge in [0.15, 0.2) is 0 Å². The van der Waals surface area contributed by atoms with Crippen molar-refractivity contribution in [2.75, 3.05) is 19.6 Å². The molecule has 0 radical (unpaired) electrons. The van der Waals surface area contributed by atoms with E-state index in [2.05, 4.69) is 13.8 Å². The van der Waals surface area contributed by atoms with E-state index in [-0.39, 0.29) is 11.9 Å². The van der Waals surface area contributed by atoms with Gasteiger partial charge >= 0.3 is 0 Å². The van der Waals surface area contributed by atoms with Crippen molar-refractivity contribution in [2.45, 2.75) is 77.2 Å². The van der Waals surface area contributed by atoms with Crippen LogP contribution < -0.4 is 0 Å². The number of aryl methyl sites for hydroxylation is 1. The number of amides is 1. The van der Waals surface area contributed by atoms with Crippen LogP contribution in [0.3, 0.4) is 0 Å². The second-order valence-electron chi connectivity index (χ2n) is 9.62. The summed E-state index contributed by atoms with van der Waals surface area (Å²) in [5.41, 5.74) is 2.16. The first-order valence-electron chi connectivity index (χ1n) is 12.1. The van der Waals surface area contributed by atoms with Gasteiger partial charge in [0.2, 0.25) is 10.0 Å². The molecule has 7 nitrogen and oxygen atoms in total. The molecule has 0 N–H and O–H groups in total. The minimum Gasteiger partial charge on any atom is -0.345 e. The number of likely N-dealkylation sites (tertiary alicyclic amines) is 1. The number of rotatable bonds is 5. The normalized spacial score (nSPS) is 21.0. The van der Waals surface area contributed by atoms with Crippen LogP contribution in [0, 0.1) is 19.8 Å². The Labute approximate surface area is 201 Å². The maximum Gasteiger partial charge on any atom is 0.265 e. The molecule has 2 aromatic rings. The van der Waals surface area contributed by atoms with E-state index in [1.165, 1.54) is 11.3 Å². The van der Waals surface area contributed by atoms with E-state index in [1.54, 1.807) is 10.4 Å². The molecule has 1 atom stereocenters. The Balaban J connectivity index is 1.66. The Morgan fingerprint density at radius 2 is 1.85 bits per heavy atom. The zero-order valence-corrected chi connectivity index (χ0v) is 22.1. The van der Waals surface area contributed by atoms with Gasteiger partial charge in [0.05, 0.1) is 11.4 Å². The van der Waals surface area contributed by atoms with Crippen molar-refractivity contribution in [3.63, 3.8) is 0 Å². The standard InChI is InChI=1S/C24H36N4O3S2/c1-6-19-9-7-8-12-28(19)33(30,31)21-15-20(26(5)18(21)4)23-25-17(3)22(32-23)24(29)27-13-10-16(2)11-14-27/h15-16,19H,6-14H2,1-5H3/t19-/m1/s1. The Morgan fingerprint density at radius 1 is 1.15 bits per heavy atom. The Bertz CT molecular complexity index is 1130. The molecule has 2 aliphatic heterocycles. The van der Waals surface area contributed by atoms with Gasteiger partial charge in [-0.05, 0) is 57.9 Å². The third kappa shape index (κ3) is 4.51. The Hall–Kier alpha value is -1.71. The summed E-state index contributed by atoms with van der Waals surface area (Å²) < 4.78 is 30.8. The van der Waals surface area contributed by atoms with Crippen molar-refractivity contribution >= 4 is 27.3 Å². The van der Waals surface area contributed by atoms with Crippen molar-refractivity contribution in [3.05, 3.63) is 22.3 Å². The molecule has 0 unspecified atom stereocenters. The molecule has 0 bridgehead atoms. The summed E-state index contributed by atoms with van der Waals surface area (Å²) in [6, 6.07) is 1.81. The number of carbonyl (C=O) groups excluding carboxylic acids is 1. The fourth-order valence-electron chi connectivity index (χ4n) is 5.02. The Morgan fingerprint density at radius 3 is 2.52 bits per heavy atom. The predicted molar refractivity (Wildman–Crippen MR) is 132 cm³/mol. The molecule has 2 saturated heterocycles. The number of thiazole rings is 1. The van der Waals surface area contributed by atoms with E-state index >= 15 is 0 Å². The molecule has 33 heavy (non-hydrogen) atoms. The molecule has 0 spiro atoms. The first-order chi connectivity index (χ1) is 15.6. The molecular weight excluding hydrogens is 456 g/mol. The van der Waals surface area contributed by atoms with Crippen molar-refractivity contribution in [1.82, 2.24) is 18.8 Å². The smallest absolute Gasteiger partial charge is 0.265 e. The number of hydrogen-bond donors (Lipinski definition) is 0. The quantitative estimate of drug-likeness (QED) is 0.612. The van der Waals surface area contributed by atoms with Crippen LogP contribution in [0.15, 0.2) is 11.0 Å². The zero-order chi connectivity index (χ0) is 23.9. The molecule has 2 aliphatic rings. The molecule has 2 aromatic heterocycles. The van der Waals surface area contributed by atoms with Gasteiger partial charge in [0, 0.05) is 38.4 Å². The maximum atomic E-state index is 13.6. The van der Waals surface area contributed by atoms with Gasteiger partial charge in [0.25, 0.3) is 5.91 Å². The molecule has 0 aromatic carbocycles.